The molecule has 0 spiro atoms. The van der Waals surface area contributed by atoms with E-state index in [1.54, 1.807) is 7.11 Å². The number of quaternary nitrogens is 1. The minimum Gasteiger partial charge on any atom is -0.497 e. The summed E-state index contributed by atoms with van der Waals surface area (Å²) in [4.78, 5) is 13.6. The van der Waals surface area contributed by atoms with Crippen LogP contribution in [-0.4, -0.2) is 13.8 Å². The molecular formula is C22H24NO4+. The molecule has 0 amide bonds. The van der Waals surface area contributed by atoms with Crippen LogP contribution in [0.2, 0.25) is 0 Å². The van der Waals surface area contributed by atoms with E-state index in [1.807, 2.05) is 38.1 Å². The Balaban J connectivity index is 1.68. The Morgan fingerprint density at radius 1 is 1.15 bits per heavy atom. The summed E-state index contributed by atoms with van der Waals surface area (Å²) in [5.41, 5.74) is 4.38. The SMILES string of the molecule is CCc1c(C)c2ccc3c(c2oc1=O)C[NH+](Cc1ccc(OC)cc1)CO3. The van der Waals surface area contributed by atoms with Gasteiger partial charge in [-0.15, -0.1) is 0 Å². The van der Waals surface area contributed by atoms with Crippen LogP contribution >= 0.6 is 0 Å². The topological polar surface area (TPSA) is 53.1 Å². The van der Waals surface area contributed by atoms with Gasteiger partial charge in [-0.2, -0.15) is 0 Å². The van der Waals surface area contributed by atoms with E-state index in [0.717, 1.165) is 46.7 Å². The molecule has 2 heterocycles. The second-order valence-corrected chi connectivity index (χ2v) is 7.01. The molecule has 1 aliphatic heterocycles. The zero-order chi connectivity index (χ0) is 19.0. The van der Waals surface area contributed by atoms with Crippen molar-refractivity contribution in [3.05, 3.63) is 69.1 Å². The molecule has 1 atom stereocenters. The third-order valence-corrected chi connectivity index (χ3v) is 5.34. The molecule has 4 rings (SSSR count). The molecule has 0 aliphatic carbocycles. The fraction of sp³-hybridized carbons (Fsp3) is 0.318. The number of benzene rings is 2. The van der Waals surface area contributed by atoms with Crippen molar-refractivity contribution in [2.75, 3.05) is 13.8 Å². The molecule has 5 heteroatoms. The van der Waals surface area contributed by atoms with Gasteiger partial charge in [0.15, 0.2) is 5.58 Å². The number of hydrogen-bond donors (Lipinski definition) is 1. The first-order valence-corrected chi connectivity index (χ1v) is 9.28. The maximum absolute atomic E-state index is 12.4. The minimum absolute atomic E-state index is 0.238. The van der Waals surface area contributed by atoms with E-state index >= 15 is 0 Å². The number of methoxy groups -OCH3 is 1. The molecule has 2 aromatic carbocycles. The van der Waals surface area contributed by atoms with E-state index in [1.165, 1.54) is 10.5 Å². The van der Waals surface area contributed by atoms with Gasteiger partial charge in [0.2, 0.25) is 6.73 Å². The van der Waals surface area contributed by atoms with Crippen molar-refractivity contribution in [2.24, 2.45) is 0 Å². The molecule has 5 nitrogen and oxygen atoms in total. The first kappa shape index (κ1) is 17.6. The summed E-state index contributed by atoms with van der Waals surface area (Å²) in [6.45, 7) is 6.15. The van der Waals surface area contributed by atoms with E-state index in [4.69, 9.17) is 13.9 Å². The van der Waals surface area contributed by atoms with Crippen LogP contribution in [0.5, 0.6) is 11.5 Å². The molecule has 0 bridgehead atoms. The zero-order valence-corrected chi connectivity index (χ0v) is 15.9. The normalized spacial score (nSPS) is 16.0. The van der Waals surface area contributed by atoms with Gasteiger partial charge in [0.25, 0.3) is 0 Å². The first-order chi connectivity index (χ1) is 13.1. The summed E-state index contributed by atoms with van der Waals surface area (Å²) >= 11 is 0. The van der Waals surface area contributed by atoms with Gasteiger partial charge in [0.05, 0.1) is 12.7 Å². The smallest absolute Gasteiger partial charge is 0.339 e. The summed E-state index contributed by atoms with van der Waals surface area (Å²) in [7, 11) is 1.67. The van der Waals surface area contributed by atoms with Gasteiger partial charge in [-0.25, -0.2) is 4.79 Å². The second kappa shape index (κ2) is 7.08. The van der Waals surface area contributed by atoms with Gasteiger partial charge in [-0.1, -0.05) is 6.92 Å². The lowest BCUT2D eigenvalue weighted by atomic mass is 10.0. The highest BCUT2D eigenvalue weighted by molar-refractivity contribution is 5.85. The second-order valence-electron chi connectivity index (χ2n) is 7.01. The summed E-state index contributed by atoms with van der Waals surface area (Å²) in [6.07, 6.45) is 0.673. The number of aryl methyl sites for hydroxylation is 1. The van der Waals surface area contributed by atoms with Gasteiger partial charge in [-0.3, -0.25) is 4.90 Å². The van der Waals surface area contributed by atoms with Gasteiger partial charge in [0, 0.05) is 16.5 Å². The molecule has 1 unspecified atom stereocenters. The fourth-order valence-corrected chi connectivity index (χ4v) is 3.83. The lowest BCUT2D eigenvalue weighted by molar-refractivity contribution is -0.945. The lowest BCUT2D eigenvalue weighted by Crippen LogP contribution is -3.10. The molecule has 27 heavy (non-hydrogen) atoms. The van der Waals surface area contributed by atoms with E-state index in [9.17, 15) is 4.79 Å². The van der Waals surface area contributed by atoms with Gasteiger partial charge in [-0.05, 0) is 55.3 Å². The molecule has 0 saturated carbocycles. The van der Waals surface area contributed by atoms with Crippen LogP contribution in [0.3, 0.4) is 0 Å². The quantitative estimate of drug-likeness (QED) is 0.721. The Labute approximate surface area is 158 Å². The number of fused-ring (bicyclic) bond motifs is 3. The van der Waals surface area contributed by atoms with Crippen molar-refractivity contribution >= 4 is 11.0 Å². The highest BCUT2D eigenvalue weighted by Crippen LogP contribution is 2.30. The summed E-state index contributed by atoms with van der Waals surface area (Å²) in [6, 6.07) is 12.1. The Bertz CT molecular complexity index is 1040. The van der Waals surface area contributed by atoms with Crippen LogP contribution in [0.1, 0.15) is 29.2 Å². The molecule has 140 valence electrons. The van der Waals surface area contributed by atoms with Gasteiger partial charge >= 0.3 is 5.63 Å². The average Bonchev–Trinajstić information content (AvgIpc) is 2.69. The predicted octanol–water partition coefficient (Wildman–Crippen LogP) is 2.61. The molecular weight excluding hydrogens is 342 g/mol. The Morgan fingerprint density at radius 2 is 1.93 bits per heavy atom. The summed E-state index contributed by atoms with van der Waals surface area (Å²) in [5, 5.41) is 1.000. The number of rotatable bonds is 4. The van der Waals surface area contributed by atoms with Crippen LogP contribution < -0.4 is 20.0 Å². The molecule has 0 saturated heterocycles. The van der Waals surface area contributed by atoms with E-state index in [-0.39, 0.29) is 5.63 Å². The maximum atomic E-state index is 12.4. The number of ether oxygens (including phenoxy) is 2. The number of hydrogen-bond acceptors (Lipinski definition) is 4. The molecule has 1 aromatic heterocycles. The maximum Gasteiger partial charge on any atom is 0.339 e. The Hall–Kier alpha value is -2.79. The molecule has 0 radical (unpaired) electrons. The van der Waals surface area contributed by atoms with Crippen molar-refractivity contribution in [1.82, 2.24) is 0 Å². The van der Waals surface area contributed by atoms with Crippen LogP contribution in [-0.2, 0) is 19.5 Å². The van der Waals surface area contributed by atoms with Crippen molar-refractivity contribution < 1.29 is 18.8 Å². The highest BCUT2D eigenvalue weighted by Gasteiger charge is 2.25. The molecule has 0 fully saturated rings. The van der Waals surface area contributed by atoms with Crippen LogP contribution in [0.25, 0.3) is 11.0 Å². The van der Waals surface area contributed by atoms with E-state index in [0.29, 0.717) is 18.7 Å². The molecule has 3 aromatic rings. The first-order valence-electron chi connectivity index (χ1n) is 9.28. The Morgan fingerprint density at radius 3 is 2.63 bits per heavy atom. The van der Waals surface area contributed by atoms with Crippen molar-refractivity contribution in [3.8, 4) is 11.5 Å². The zero-order valence-electron chi connectivity index (χ0n) is 15.9. The number of nitrogens with one attached hydrogen (secondary N) is 1. The molecule has 1 aliphatic rings. The van der Waals surface area contributed by atoms with Crippen LogP contribution in [0.4, 0.5) is 0 Å². The largest absolute Gasteiger partial charge is 0.497 e. The third-order valence-electron chi connectivity index (χ3n) is 5.34. The van der Waals surface area contributed by atoms with Crippen molar-refractivity contribution in [3.63, 3.8) is 0 Å². The highest BCUT2D eigenvalue weighted by atomic mass is 16.5. The predicted molar refractivity (Wildman–Crippen MR) is 103 cm³/mol. The minimum atomic E-state index is -0.238. The van der Waals surface area contributed by atoms with Crippen molar-refractivity contribution in [2.45, 2.75) is 33.4 Å². The van der Waals surface area contributed by atoms with E-state index < -0.39 is 0 Å². The summed E-state index contributed by atoms with van der Waals surface area (Å²) < 4.78 is 16.9. The standard InChI is InChI=1S/C22H23NO4/c1-4-17-14(2)18-9-10-20-19(21(18)27-22(17)24)12-23(13-26-20)11-15-5-7-16(25-3)8-6-15/h5-10H,4,11-13H2,1-3H3/p+1. The fourth-order valence-electron chi connectivity index (χ4n) is 3.83. The van der Waals surface area contributed by atoms with Crippen molar-refractivity contribution in [1.29, 1.82) is 0 Å². The molecule has 1 N–H and O–H groups in total. The van der Waals surface area contributed by atoms with Gasteiger partial charge in [0.1, 0.15) is 24.6 Å². The lowest BCUT2D eigenvalue weighted by Gasteiger charge is -2.26. The van der Waals surface area contributed by atoms with Crippen LogP contribution in [0.15, 0.2) is 45.6 Å². The Kier molecular flexibility index (Phi) is 4.62. The van der Waals surface area contributed by atoms with E-state index in [2.05, 4.69) is 12.1 Å². The van der Waals surface area contributed by atoms with Crippen LogP contribution in [0, 0.1) is 6.92 Å². The van der Waals surface area contributed by atoms with Gasteiger partial charge < -0.3 is 13.9 Å². The monoisotopic (exact) mass is 366 g/mol. The third kappa shape index (κ3) is 3.19. The average molecular weight is 366 g/mol. The summed E-state index contributed by atoms with van der Waals surface area (Å²) in [5.74, 6) is 1.66.